The van der Waals surface area contributed by atoms with Crippen molar-refractivity contribution in [1.82, 2.24) is 14.6 Å². The van der Waals surface area contributed by atoms with E-state index >= 15 is 0 Å². The second-order valence-corrected chi connectivity index (χ2v) is 6.28. The number of anilines is 1. The summed E-state index contributed by atoms with van der Waals surface area (Å²) in [6.45, 7) is 3.77. The Labute approximate surface area is 141 Å². The molecule has 0 atom stereocenters. The molecular weight excluding hydrogens is 328 g/mol. The van der Waals surface area contributed by atoms with Gasteiger partial charge in [0, 0.05) is 24.2 Å². The molecule has 3 rings (SSSR count). The standard InChI is InChI=1S/C16H16N4O3S/c1-3-14(21)17-11-5-4-6-13(7-11)23-9-12-8-15(22)20-16(18-12)24-10(2)19-20/h4-8H,3,9H2,1-2H3,(H,17,21). The van der Waals surface area contributed by atoms with Crippen LogP contribution >= 0.6 is 11.3 Å². The summed E-state index contributed by atoms with van der Waals surface area (Å²) in [5.74, 6) is 0.527. The van der Waals surface area contributed by atoms with Crippen molar-refractivity contribution < 1.29 is 9.53 Å². The average molecular weight is 344 g/mol. The van der Waals surface area contributed by atoms with Crippen molar-refractivity contribution >= 4 is 27.9 Å². The molecule has 3 aromatic rings. The molecule has 0 fully saturated rings. The molecule has 0 unspecified atom stereocenters. The van der Waals surface area contributed by atoms with Crippen LogP contribution in [0.2, 0.25) is 0 Å². The molecule has 7 nitrogen and oxygen atoms in total. The molecule has 0 saturated heterocycles. The number of amides is 1. The highest BCUT2D eigenvalue weighted by molar-refractivity contribution is 7.16. The number of aryl methyl sites for hydroxylation is 1. The van der Waals surface area contributed by atoms with Gasteiger partial charge < -0.3 is 10.1 Å². The molecule has 1 aromatic carbocycles. The number of hydrogen-bond donors (Lipinski definition) is 1. The smallest absolute Gasteiger partial charge is 0.275 e. The molecule has 1 amide bonds. The number of nitrogens with one attached hydrogen (secondary N) is 1. The first-order valence-electron chi connectivity index (χ1n) is 7.44. The highest BCUT2D eigenvalue weighted by Gasteiger charge is 2.08. The Kier molecular flexibility index (Phi) is 4.57. The molecule has 0 spiro atoms. The third kappa shape index (κ3) is 3.60. The van der Waals surface area contributed by atoms with Gasteiger partial charge >= 0.3 is 0 Å². The summed E-state index contributed by atoms with van der Waals surface area (Å²) in [4.78, 5) is 28.4. The predicted octanol–water partition coefficient (Wildman–Crippen LogP) is 2.39. The Morgan fingerprint density at radius 1 is 1.38 bits per heavy atom. The molecule has 24 heavy (non-hydrogen) atoms. The zero-order valence-electron chi connectivity index (χ0n) is 13.3. The Hall–Kier alpha value is -2.74. The van der Waals surface area contributed by atoms with Crippen molar-refractivity contribution in [3.63, 3.8) is 0 Å². The number of aromatic nitrogens is 3. The van der Waals surface area contributed by atoms with Crippen LogP contribution in [0.3, 0.4) is 0 Å². The topological polar surface area (TPSA) is 85.6 Å². The van der Waals surface area contributed by atoms with Crippen molar-refractivity contribution in [1.29, 1.82) is 0 Å². The lowest BCUT2D eigenvalue weighted by Gasteiger charge is -2.08. The Balaban J connectivity index is 1.75. The van der Waals surface area contributed by atoms with E-state index in [-0.39, 0.29) is 18.1 Å². The summed E-state index contributed by atoms with van der Waals surface area (Å²) in [5.41, 5.74) is 0.972. The molecule has 0 radical (unpaired) electrons. The average Bonchev–Trinajstić information content (AvgIpc) is 2.94. The van der Waals surface area contributed by atoms with Crippen LogP contribution in [0.25, 0.3) is 4.96 Å². The van der Waals surface area contributed by atoms with Crippen LogP contribution in [0.5, 0.6) is 5.75 Å². The largest absolute Gasteiger partial charge is 0.487 e. The normalized spacial score (nSPS) is 10.8. The maximum atomic E-state index is 12.0. The Morgan fingerprint density at radius 2 is 2.21 bits per heavy atom. The lowest BCUT2D eigenvalue weighted by Crippen LogP contribution is -2.16. The second kappa shape index (κ2) is 6.79. The highest BCUT2D eigenvalue weighted by atomic mass is 32.1. The second-order valence-electron chi connectivity index (χ2n) is 5.12. The number of hydrogen-bond acceptors (Lipinski definition) is 6. The molecule has 0 aliphatic carbocycles. The van der Waals surface area contributed by atoms with Crippen LogP contribution in [0, 0.1) is 6.92 Å². The number of nitrogens with zero attached hydrogens (tertiary/aromatic N) is 3. The van der Waals surface area contributed by atoms with Gasteiger partial charge in [0.05, 0.1) is 5.69 Å². The van der Waals surface area contributed by atoms with Crippen molar-refractivity contribution in [2.24, 2.45) is 0 Å². The van der Waals surface area contributed by atoms with Gasteiger partial charge in [-0.25, -0.2) is 4.98 Å². The lowest BCUT2D eigenvalue weighted by molar-refractivity contribution is -0.115. The first kappa shape index (κ1) is 16.1. The van der Waals surface area contributed by atoms with Crippen LogP contribution < -0.4 is 15.6 Å². The Morgan fingerprint density at radius 3 is 3.00 bits per heavy atom. The number of ether oxygens (including phenoxy) is 1. The van der Waals surface area contributed by atoms with Crippen molar-refractivity contribution in [2.75, 3.05) is 5.32 Å². The van der Waals surface area contributed by atoms with Gasteiger partial charge in [-0.1, -0.05) is 24.3 Å². The quantitative estimate of drug-likeness (QED) is 0.768. The molecule has 2 heterocycles. The molecule has 8 heteroatoms. The van der Waals surface area contributed by atoms with Gasteiger partial charge in [0.25, 0.3) is 5.56 Å². The van der Waals surface area contributed by atoms with Crippen LogP contribution in [0.15, 0.2) is 35.1 Å². The molecule has 0 aliphatic heterocycles. The number of rotatable bonds is 5. The number of fused-ring (bicyclic) bond motifs is 1. The summed E-state index contributed by atoms with van der Waals surface area (Å²) < 4.78 is 6.96. The van der Waals surface area contributed by atoms with E-state index in [0.29, 0.717) is 28.5 Å². The maximum absolute atomic E-state index is 12.0. The summed E-state index contributed by atoms with van der Waals surface area (Å²) in [7, 11) is 0. The number of carbonyl (C=O) groups excluding carboxylic acids is 1. The SMILES string of the molecule is CCC(=O)Nc1cccc(OCc2cc(=O)n3nc(C)sc3n2)c1. The van der Waals surface area contributed by atoms with Gasteiger partial charge in [-0.3, -0.25) is 9.59 Å². The Bertz CT molecular complexity index is 948. The minimum Gasteiger partial charge on any atom is -0.487 e. The molecule has 124 valence electrons. The van der Waals surface area contributed by atoms with E-state index in [1.54, 1.807) is 31.2 Å². The predicted molar refractivity (Wildman–Crippen MR) is 91.6 cm³/mol. The van der Waals surface area contributed by atoms with Gasteiger partial charge in [0.1, 0.15) is 17.4 Å². The molecule has 0 aliphatic rings. The van der Waals surface area contributed by atoms with Crippen LogP contribution in [-0.2, 0) is 11.4 Å². The third-order valence-corrected chi connectivity index (χ3v) is 4.05. The van der Waals surface area contributed by atoms with Crippen molar-refractivity contribution in [3.8, 4) is 5.75 Å². The monoisotopic (exact) mass is 344 g/mol. The first-order valence-corrected chi connectivity index (χ1v) is 8.26. The van der Waals surface area contributed by atoms with Crippen molar-refractivity contribution in [2.45, 2.75) is 26.9 Å². The zero-order chi connectivity index (χ0) is 17.1. The summed E-state index contributed by atoms with van der Waals surface area (Å²) >= 11 is 1.35. The fourth-order valence-corrected chi connectivity index (χ4v) is 2.86. The van der Waals surface area contributed by atoms with E-state index in [0.717, 1.165) is 5.01 Å². The van der Waals surface area contributed by atoms with Crippen LogP contribution in [0.1, 0.15) is 24.0 Å². The van der Waals surface area contributed by atoms with Crippen molar-refractivity contribution in [3.05, 3.63) is 51.4 Å². The van der Waals surface area contributed by atoms with Crippen LogP contribution in [0.4, 0.5) is 5.69 Å². The van der Waals surface area contributed by atoms with E-state index in [1.807, 2.05) is 6.92 Å². The summed E-state index contributed by atoms with van der Waals surface area (Å²) in [5, 5.41) is 7.65. The van der Waals surface area contributed by atoms with E-state index in [2.05, 4.69) is 15.4 Å². The van der Waals surface area contributed by atoms with Gasteiger partial charge in [0.2, 0.25) is 10.9 Å². The van der Waals surface area contributed by atoms with Crippen LogP contribution in [-0.4, -0.2) is 20.5 Å². The minimum absolute atomic E-state index is 0.0622. The van der Waals surface area contributed by atoms with E-state index in [1.165, 1.54) is 21.9 Å². The lowest BCUT2D eigenvalue weighted by atomic mass is 10.3. The van der Waals surface area contributed by atoms with Gasteiger partial charge in [-0.15, -0.1) is 0 Å². The third-order valence-electron chi connectivity index (χ3n) is 3.22. The highest BCUT2D eigenvalue weighted by Crippen LogP contribution is 2.19. The zero-order valence-corrected chi connectivity index (χ0v) is 14.1. The molecule has 2 aromatic heterocycles. The maximum Gasteiger partial charge on any atom is 0.275 e. The van der Waals surface area contributed by atoms with Gasteiger partial charge in [0.15, 0.2) is 0 Å². The minimum atomic E-state index is -0.230. The number of benzene rings is 1. The molecular formula is C16H16N4O3S. The van der Waals surface area contributed by atoms with E-state index < -0.39 is 0 Å². The fourth-order valence-electron chi connectivity index (χ4n) is 2.10. The number of carbonyl (C=O) groups is 1. The molecule has 0 bridgehead atoms. The van der Waals surface area contributed by atoms with Gasteiger partial charge in [-0.05, 0) is 19.1 Å². The fraction of sp³-hybridized carbons (Fsp3) is 0.250. The van der Waals surface area contributed by atoms with E-state index in [4.69, 9.17) is 4.74 Å². The van der Waals surface area contributed by atoms with Gasteiger partial charge in [-0.2, -0.15) is 9.61 Å². The molecule has 1 N–H and O–H groups in total. The summed E-state index contributed by atoms with van der Waals surface area (Å²) in [6, 6.07) is 8.50. The molecule has 0 saturated carbocycles. The first-order chi connectivity index (χ1) is 11.5. The van der Waals surface area contributed by atoms with E-state index in [9.17, 15) is 9.59 Å². The summed E-state index contributed by atoms with van der Waals surface area (Å²) in [6.07, 6.45) is 0.410.